The summed E-state index contributed by atoms with van der Waals surface area (Å²) < 4.78 is 0. The molecule has 0 unspecified atom stereocenters. The van der Waals surface area contributed by atoms with Crippen LogP contribution in [0, 0.1) is 0 Å². The molecule has 0 radical (unpaired) electrons. The highest BCUT2D eigenvalue weighted by Crippen LogP contribution is 2.29. The lowest BCUT2D eigenvalue weighted by Crippen LogP contribution is -2.14. The zero-order valence-electron chi connectivity index (χ0n) is 11.6. The summed E-state index contributed by atoms with van der Waals surface area (Å²) in [5, 5.41) is 5.85. The first kappa shape index (κ1) is 14.9. The van der Waals surface area contributed by atoms with Crippen LogP contribution in [0.1, 0.15) is 5.56 Å². The van der Waals surface area contributed by atoms with Crippen LogP contribution in [-0.2, 0) is 11.2 Å². The van der Waals surface area contributed by atoms with Crippen molar-refractivity contribution in [1.82, 2.24) is 0 Å². The average molecular weight is 330 g/mol. The quantitative estimate of drug-likeness (QED) is 0.691. The Labute approximate surface area is 138 Å². The first-order valence-electron chi connectivity index (χ1n) is 6.85. The zero-order chi connectivity index (χ0) is 15.5. The van der Waals surface area contributed by atoms with Crippen molar-refractivity contribution in [1.29, 1.82) is 0 Å². The van der Waals surface area contributed by atoms with Gasteiger partial charge in [-0.1, -0.05) is 71.7 Å². The molecule has 0 atom stereocenters. The monoisotopic (exact) mass is 329 g/mol. The number of benzene rings is 3. The summed E-state index contributed by atoms with van der Waals surface area (Å²) in [4.78, 5) is 12.2. The Morgan fingerprint density at radius 1 is 0.909 bits per heavy atom. The fourth-order valence-electron chi connectivity index (χ4n) is 2.33. The van der Waals surface area contributed by atoms with Crippen molar-refractivity contribution >= 4 is 45.6 Å². The van der Waals surface area contributed by atoms with Crippen LogP contribution < -0.4 is 5.32 Å². The van der Waals surface area contributed by atoms with Crippen molar-refractivity contribution in [3.8, 4) is 0 Å². The molecule has 0 spiro atoms. The topological polar surface area (TPSA) is 29.1 Å². The number of fused-ring (bicyclic) bond motifs is 1. The van der Waals surface area contributed by atoms with Gasteiger partial charge in [-0.15, -0.1) is 0 Å². The number of nitrogens with one attached hydrogen (secondary N) is 1. The summed E-state index contributed by atoms with van der Waals surface area (Å²) in [5.74, 6) is -0.126. The summed E-state index contributed by atoms with van der Waals surface area (Å²) in [5.41, 5.74) is 1.48. The smallest absolute Gasteiger partial charge is 0.228 e. The Bertz CT molecular complexity index is 845. The molecule has 3 aromatic rings. The van der Waals surface area contributed by atoms with Crippen LogP contribution in [0.25, 0.3) is 10.8 Å². The van der Waals surface area contributed by atoms with E-state index in [1.165, 1.54) is 0 Å². The van der Waals surface area contributed by atoms with Gasteiger partial charge in [-0.3, -0.25) is 4.79 Å². The van der Waals surface area contributed by atoms with Crippen molar-refractivity contribution in [3.63, 3.8) is 0 Å². The fraction of sp³-hybridized carbons (Fsp3) is 0.0556. The molecular formula is C18H13Cl2NO. The number of halogens is 2. The number of anilines is 1. The van der Waals surface area contributed by atoms with E-state index in [1.807, 2.05) is 42.5 Å². The third-order valence-electron chi connectivity index (χ3n) is 3.40. The summed E-state index contributed by atoms with van der Waals surface area (Å²) >= 11 is 12.0. The number of carbonyl (C=O) groups is 1. The van der Waals surface area contributed by atoms with Gasteiger partial charge in [-0.25, -0.2) is 0 Å². The first-order chi connectivity index (χ1) is 10.6. The van der Waals surface area contributed by atoms with Gasteiger partial charge in [0.05, 0.1) is 22.2 Å². The van der Waals surface area contributed by atoms with E-state index >= 15 is 0 Å². The van der Waals surface area contributed by atoms with E-state index in [4.69, 9.17) is 23.2 Å². The number of rotatable bonds is 3. The second kappa shape index (κ2) is 6.39. The minimum absolute atomic E-state index is 0.126. The molecule has 3 rings (SSSR count). The highest BCUT2D eigenvalue weighted by Gasteiger charge is 2.09. The van der Waals surface area contributed by atoms with Gasteiger partial charge in [-0.05, 0) is 28.5 Å². The van der Waals surface area contributed by atoms with Crippen molar-refractivity contribution in [3.05, 3.63) is 76.3 Å². The average Bonchev–Trinajstić information content (AvgIpc) is 2.52. The molecule has 1 N–H and O–H groups in total. The van der Waals surface area contributed by atoms with Gasteiger partial charge in [0.2, 0.25) is 5.91 Å². The van der Waals surface area contributed by atoms with Crippen molar-refractivity contribution in [2.45, 2.75) is 6.42 Å². The third kappa shape index (κ3) is 3.24. The molecule has 0 aromatic heterocycles. The Hall–Kier alpha value is -2.03. The van der Waals surface area contributed by atoms with E-state index in [1.54, 1.807) is 18.2 Å². The molecule has 4 heteroatoms. The van der Waals surface area contributed by atoms with E-state index in [9.17, 15) is 4.79 Å². The van der Waals surface area contributed by atoms with Crippen molar-refractivity contribution in [2.24, 2.45) is 0 Å². The lowest BCUT2D eigenvalue weighted by atomic mass is 10.0. The molecule has 0 heterocycles. The largest absolute Gasteiger partial charge is 0.324 e. The van der Waals surface area contributed by atoms with Crippen LogP contribution in [0.4, 0.5) is 5.69 Å². The first-order valence-corrected chi connectivity index (χ1v) is 7.60. The second-order valence-electron chi connectivity index (χ2n) is 5.01. The predicted molar refractivity (Wildman–Crippen MR) is 92.7 cm³/mol. The number of hydrogen-bond acceptors (Lipinski definition) is 1. The Morgan fingerprint density at radius 2 is 1.68 bits per heavy atom. The normalized spacial score (nSPS) is 10.6. The Morgan fingerprint density at radius 3 is 2.50 bits per heavy atom. The van der Waals surface area contributed by atoms with Gasteiger partial charge in [0.1, 0.15) is 0 Å². The zero-order valence-corrected chi connectivity index (χ0v) is 13.2. The summed E-state index contributed by atoms with van der Waals surface area (Å²) in [6.45, 7) is 0. The summed E-state index contributed by atoms with van der Waals surface area (Å²) in [6, 6.07) is 19.2. The molecule has 0 aliphatic heterocycles. The lowest BCUT2D eigenvalue weighted by molar-refractivity contribution is -0.115. The Balaban J connectivity index is 1.76. The van der Waals surface area contributed by atoms with Crippen LogP contribution in [-0.4, -0.2) is 5.91 Å². The van der Waals surface area contributed by atoms with Crippen molar-refractivity contribution in [2.75, 3.05) is 5.32 Å². The van der Waals surface area contributed by atoms with Gasteiger partial charge < -0.3 is 5.32 Å². The van der Waals surface area contributed by atoms with Crippen LogP contribution >= 0.6 is 23.2 Å². The summed E-state index contributed by atoms with van der Waals surface area (Å²) in [6.07, 6.45) is 0.285. The lowest BCUT2D eigenvalue weighted by Gasteiger charge is -2.08. The second-order valence-corrected chi connectivity index (χ2v) is 5.79. The third-order valence-corrected chi connectivity index (χ3v) is 4.22. The number of amides is 1. The number of hydrogen-bond donors (Lipinski definition) is 1. The molecule has 0 bridgehead atoms. The molecule has 22 heavy (non-hydrogen) atoms. The molecule has 3 aromatic carbocycles. The highest BCUT2D eigenvalue weighted by atomic mass is 35.5. The SMILES string of the molecule is O=C(Cc1ccc2ccccc2c1)Nc1cccc(Cl)c1Cl. The van der Waals surface area contributed by atoms with Gasteiger partial charge in [-0.2, -0.15) is 0 Å². The minimum atomic E-state index is -0.126. The van der Waals surface area contributed by atoms with Gasteiger partial charge in [0.15, 0.2) is 0 Å². The van der Waals surface area contributed by atoms with E-state index in [2.05, 4.69) is 5.32 Å². The maximum absolute atomic E-state index is 12.2. The van der Waals surface area contributed by atoms with E-state index in [-0.39, 0.29) is 12.3 Å². The number of carbonyl (C=O) groups excluding carboxylic acids is 1. The molecule has 110 valence electrons. The molecular weight excluding hydrogens is 317 g/mol. The van der Waals surface area contributed by atoms with Crippen LogP contribution in [0.15, 0.2) is 60.7 Å². The minimum Gasteiger partial charge on any atom is -0.324 e. The fourth-order valence-corrected chi connectivity index (χ4v) is 2.68. The molecule has 2 nitrogen and oxygen atoms in total. The molecule has 0 aliphatic carbocycles. The van der Waals surface area contributed by atoms with Crippen molar-refractivity contribution < 1.29 is 4.79 Å². The van der Waals surface area contributed by atoms with Gasteiger partial charge in [0, 0.05) is 0 Å². The highest BCUT2D eigenvalue weighted by molar-refractivity contribution is 6.44. The van der Waals surface area contributed by atoms with Crippen LogP contribution in [0.3, 0.4) is 0 Å². The Kier molecular flexibility index (Phi) is 4.32. The van der Waals surface area contributed by atoms with E-state index < -0.39 is 0 Å². The molecule has 0 saturated carbocycles. The van der Waals surface area contributed by atoms with Gasteiger partial charge >= 0.3 is 0 Å². The molecule has 1 amide bonds. The van der Waals surface area contributed by atoms with Crippen LogP contribution in [0.2, 0.25) is 10.0 Å². The summed E-state index contributed by atoms with van der Waals surface area (Å²) in [7, 11) is 0. The maximum Gasteiger partial charge on any atom is 0.228 e. The van der Waals surface area contributed by atoms with Crippen LogP contribution in [0.5, 0.6) is 0 Å². The van der Waals surface area contributed by atoms with Gasteiger partial charge in [0.25, 0.3) is 0 Å². The molecule has 0 saturated heterocycles. The maximum atomic E-state index is 12.2. The van der Waals surface area contributed by atoms with E-state index in [0.29, 0.717) is 15.7 Å². The predicted octanol–water partition coefficient (Wildman–Crippen LogP) is 5.33. The molecule has 0 aliphatic rings. The standard InChI is InChI=1S/C18H13Cl2NO/c19-15-6-3-7-16(18(15)20)21-17(22)11-12-8-9-13-4-1-2-5-14(13)10-12/h1-10H,11H2,(H,21,22). The molecule has 0 fully saturated rings. The van der Waals surface area contributed by atoms with E-state index in [0.717, 1.165) is 16.3 Å².